The Morgan fingerprint density at radius 2 is 1.74 bits per heavy atom. The molecule has 0 radical (unpaired) electrons. The molecule has 98 valence electrons. The predicted molar refractivity (Wildman–Crippen MR) is 81.7 cm³/mol. The summed E-state index contributed by atoms with van der Waals surface area (Å²) in [6.45, 7) is 0. The summed E-state index contributed by atoms with van der Waals surface area (Å²) in [6.07, 6.45) is 5.00. The summed E-state index contributed by atoms with van der Waals surface area (Å²) < 4.78 is 5.12. The first-order chi connectivity index (χ1) is 9.29. The predicted octanol–water partition coefficient (Wildman–Crippen LogP) is 5.08. The third-order valence-corrected chi connectivity index (χ3v) is 3.36. The summed E-state index contributed by atoms with van der Waals surface area (Å²) >= 11 is 6.35. The van der Waals surface area contributed by atoms with Crippen molar-refractivity contribution >= 4 is 17.7 Å². The lowest BCUT2D eigenvalue weighted by Crippen LogP contribution is -1.87. The number of hydrogen-bond donors (Lipinski definition) is 0. The van der Waals surface area contributed by atoms with Gasteiger partial charge in [0.15, 0.2) is 0 Å². The van der Waals surface area contributed by atoms with Crippen LogP contribution < -0.4 is 4.74 Å². The van der Waals surface area contributed by atoms with Crippen molar-refractivity contribution in [2.75, 3.05) is 7.11 Å². The number of rotatable bonds is 5. The Morgan fingerprint density at radius 3 is 2.37 bits per heavy atom. The Kier molecular flexibility index (Phi) is 5.05. The van der Waals surface area contributed by atoms with Crippen LogP contribution in [-0.4, -0.2) is 7.11 Å². The largest absolute Gasteiger partial charge is 0.497 e. The van der Waals surface area contributed by atoms with E-state index in [-0.39, 0.29) is 5.38 Å². The highest BCUT2D eigenvalue weighted by Gasteiger charge is 2.03. The van der Waals surface area contributed by atoms with Gasteiger partial charge in [0.2, 0.25) is 0 Å². The highest BCUT2D eigenvalue weighted by Crippen LogP contribution is 2.24. The van der Waals surface area contributed by atoms with Gasteiger partial charge < -0.3 is 4.74 Å². The van der Waals surface area contributed by atoms with E-state index < -0.39 is 0 Å². The molecule has 0 aromatic heterocycles. The van der Waals surface area contributed by atoms with E-state index in [1.807, 2.05) is 42.5 Å². The average molecular weight is 273 g/mol. The van der Waals surface area contributed by atoms with E-state index in [0.29, 0.717) is 0 Å². The van der Waals surface area contributed by atoms with Crippen LogP contribution in [0.1, 0.15) is 22.9 Å². The molecule has 0 spiro atoms. The zero-order valence-electron chi connectivity index (χ0n) is 10.9. The van der Waals surface area contributed by atoms with Crippen molar-refractivity contribution in [3.05, 3.63) is 71.8 Å². The fourth-order valence-electron chi connectivity index (χ4n) is 1.84. The van der Waals surface area contributed by atoms with E-state index in [1.54, 1.807) is 7.11 Å². The van der Waals surface area contributed by atoms with E-state index in [4.69, 9.17) is 16.3 Å². The summed E-state index contributed by atoms with van der Waals surface area (Å²) in [5.41, 5.74) is 2.31. The van der Waals surface area contributed by atoms with E-state index in [2.05, 4.69) is 24.3 Å². The van der Waals surface area contributed by atoms with Gasteiger partial charge in [-0.05, 0) is 29.7 Å². The minimum Gasteiger partial charge on any atom is -0.497 e. The second kappa shape index (κ2) is 7.01. The smallest absolute Gasteiger partial charge is 0.118 e. The minimum absolute atomic E-state index is 0.0238. The quantitative estimate of drug-likeness (QED) is 0.690. The second-order valence-electron chi connectivity index (χ2n) is 4.29. The van der Waals surface area contributed by atoms with Crippen molar-refractivity contribution in [1.29, 1.82) is 0 Å². The van der Waals surface area contributed by atoms with Crippen molar-refractivity contribution < 1.29 is 4.74 Å². The minimum atomic E-state index is 0.0238. The number of hydrogen-bond acceptors (Lipinski definition) is 1. The third-order valence-electron chi connectivity index (χ3n) is 2.93. The number of methoxy groups -OCH3 is 1. The maximum absolute atomic E-state index is 6.35. The van der Waals surface area contributed by atoms with Crippen LogP contribution in [-0.2, 0) is 0 Å². The third kappa shape index (κ3) is 4.15. The second-order valence-corrected chi connectivity index (χ2v) is 4.82. The van der Waals surface area contributed by atoms with Crippen molar-refractivity contribution in [3.63, 3.8) is 0 Å². The molecule has 19 heavy (non-hydrogen) atoms. The number of benzene rings is 2. The molecule has 0 N–H and O–H groups in total. The molecule has 0 saturated carbocycles. The standard InChI is InChI=1S/C17H17ClO/c1-19-16-12-10-14(11-13-16)6-5-9-17(18)15-7-3-2-4-8-15/h2-8,10-13,17H,9H2,1H3/b6-5+. The topological polar surface area (TPSA) is 9.23 Å². The van der Waals surface area contributed by atoms with Crippen LogP contribution in [0.4, 0.5) is 0 Å². The van der Waals surface area contributed by atoms with Gasteiger partial charge >= 0.3 is 0 Å². The van der Waals surface area contributed by atoms with Crippen LogP contribution in [0.5, 0.6) is 5.75 Å². The Morgan fingerprint density at radius 1 is 1.05 bits per heavy atom. The van der Waals surface area contributed by atoms with Gasteiger partial charge in [0.1, 0.15) is 5.75 Å². The fraction of sp³-hybridized carbons (Fsp3) is 0.176. The Labute approximate surface area is 119 Å². The van der Waals surface area contributed by atoms with Gasteiger partial charge in [-0.1, -0.05) is 54.6 Å². The van der Waals surface area contributed by atoms with Gasteiger partial charge in [-0.25, -0.2) is 0 Å². The summed E-state index contributed by atoms with van der Waals surface area (Å²) in [5.74, 6) is 0.872. The highest BCUT2D eigenvalue weighted by molar-refractivity contribution is 6.20. The first-order valence-corrected chi connectivity index (χ1v) is 6.73. The SMILES string of the molecule is COc1ccc(/C=C/CC(Cl)c2ccccc2)cc1. The maximum Gasteiger partial charge on any atom is 0.118 e. The summed E-state index contributed by atoms with van der Waals surface area (Å²) in [4.78, 5) is 0. The molecular weight excluding hydrogens is 256 g/mol. The molecule has 0 fully saturated rings. The zero-order valence-corrected chi connectivity index (χ0v) is 11.7. The fourth-order valence-corrected chi connectivity index (χ4v) is 2.08. The zero-order chi connectivity index (χ0) is 13.5. The molecule has 2 aromatic carbocycles. The first kappa shape index (κ1) is 13.7. The van der Waals surface area contributed by atoms with E-state index in [1.165, 1.54) is 0 Å². The lowest BCUT2D eigenvalue weighted by molar-refractivity contribution is 0.415. The van der Waals surface area contributed by atoms with Crippen LogP contribution in [0.3, 0.4) is 0 Å². The average Bonchev–Trinajstić information content (AvgIpc) is 2.49. The molecule has 0 amide bonds. The molecule has 0 aliphatic rings. The van der Waals surface area contributed by atoms with Crippen LogP contribution >= 0.6 is 11.6 Å². The monoisotopic (exact) mass is 272 g/mol. The van der Waals surface area contributed by atoms with E-state index >= 15 is 0 Å². The molecule has 0 saturated heterocycles. The highest BCUT2D eigenvalue weighted by atomic mass is 35.5. The number of alkyl halides is 1. The van der Waals surface area contributed by atoms with Crippen LogP contribution in [0.2, 0.25) is 0 Å². The van der Waals surface area contributed by atoms with E-state index in [9.17, 15) is 0 Å². The van der Waals surface area contributed by atoms with Crippen molar-refractivity contribution in [2.24, 2.45) is 0 Å². The van der Waals surface area contributed by atoms with Crippen LogP contribution in [0, 0.1) is 0 Å². The Balaban J connectivity index is 1.92. The van der Waals surface area contributed by atoms with Gasteiger partial charge in [-0.15, -0.1) is 11.6 Å². The molecule has 0 bridgehead atoms. The molecule has 0 aliphatic heterocycles. The first-order valence-electron chi connectivity index (χ1n) is 6.29. The molecule has 1 unspecified atom stereocenters. The van der Waals surface area contributed by atoms with Crippen molar-refractivity contribution in [2.45, 2.75) is 11.8 Å². The molecule has 2 heteroatoms. The van der Waals surface area contributed by atoms with Crippen LogP contribution in [0.15, 0.2) is 60.7 Å². The Bertz CT molecular complexity index is 517. The van der Waals surface area contributed by atoms with Gasteiger partial charge in [0.25, 0.3) is 0 Å². The summed E-state index contributed by atoms with van der Waals surface area (Å²) in [6, 6.07) is 18.1. The van der Waals surface area contributed by atoms with Gasteiger partial charge in [0, 0.05) is 0 Å². The van der Waals surface area contributed by atoms with Gasteiger partial charge in [-0.2, -0.15) is 0 Å². The summed E-state index contributed by atoms with van der Waals surface area (Å²) in [5, 5.41) is 0.0238. The lowest BCUT2D eigenvalue weighted by atomic mass is 10.1. The van der Waals surface area contributed by atoms with Crippen LogP contribution in [0.25, 0.3) is 6.08 Å². The van der Waals surface area contributed by atoms with E-state index in [0.717, 1.165) is 23.3 Å². The Hall–Kier alpha value is -1.73. The number of allylic oxidation sites excluding steroid dienone is 1. The molecule has 2 aromatic rings. The summed E-state index contributed by atoms with van der Waals surface area (Å²) in [7, 11) is 1.67. The van der Waals surface area contributed by atoms with Crippen molar-refractivity contribution in [1.82, 2.24) is 0 Å². The number of ether oxygens (including phenoxy) is 1. The molecular formula is C17H17ClO. The van der Waals surface area contributed by atoms with Gasteiger partial charge in [0.05, 0.1) is 12.5 Å². The molecule has 0 heterocycles. The number of halogens is 1. The molecule has 0 aliphatic carbocycles. The normalized spacial score (nSPS) is 12.5. The molecule has 1 nitrogen and oxygen atoms in total. The van der Waals surface area contributed by atoms with Gasteiger partial charge in [-0.3, -0.25) is 0 Å². The van der Waals surface area contributed by atoms with Crippen molar-refractivity contribution in [3.8, 4) is 5.75 Å². The lowest BCUT2D eigenvalue weighted by Gasteiger charge is -2.06. The maximum atomic E-state index is 6.35. The molecule has 1 atom stereocenters. The molecule has 2 rings (SSSR count).